The Kier molecular flexibility index (Phi) is 6.39. The van der Waals surface area contributed by atoms with Crippen LogP contribution in [-0.2, 0) is 10.5 Å². The molecule has 2 heterocycles. The first-order chi connectivity index (χ1) is 14.9. The number of amides is 3. The molecule has 0 aliphatic carbocycles. The van der Waals surface area contributed by atoms with E-state index in [0.29, 0.717) is 17.3 Å². The van der Waals surface area contributed by atoms with Crippen molar-refractivity contribution in [1.82, 2.24) is 5.32 Å². The summed E-state index contributed by atoms with van der Waals surface area (Å²) in [5, 5.41) is 17.8. The summed E-state index contributed by atoms with van der Waals surface area (Å²) in [6.07, 6.45) is 3.27. The average Bonchev–Trinajstić information content (AvgIpc) is 3.27. The van der Waals surface area contributed by atoms with E-state index >= 15 is 0 Å². The van der Waals surface area contributed by atoms with E-state index in [2.05, 4.69) is 10.6 Å². The fraction of sp³-hybridized carbons (Fsp3) is 0.364. The van der Waals surface area contributed by atoms with Crippen molar-refractivity contribution in [2.75, 3.05) is 36.4 Å². The fourth-order valence-electron chi connectivity index (χ4n) is 4.28. The summed E-state index contributed by atoms with van der Waals surface area (Å²) < 4.78 is 0. The maximum Gasteiger partial charge on any atom is 0.329 e. The molecule has 0 aromatic heterocycles. The molecular formula is C22H25Cl2N4O3+. The van der Waals surface area contributed by atoms with Gasteiger partial charge in [0.2, 0.25) is 0 Å². The van der Waals surface area contributed by atoms with Gasteiger partial charge in [0.1, 0.15) is 0 Å². The van der Waals surface area contributed by atoms with Crippen LogP contribution in [0.15, 0.2) is 42.5 Å². The molecule has 4 rings (SSSR count). The number of carbonyl (C=O) groups excluding carboxylic acids is 2. The number of urea groups is 1. The number of quaternary nitrogens is 1. The predicted octanol–water partition coefficient (Wildman–Crippen LogP) is 2.38. The van der Waals surface area contributed by atoms with Crippen molar-refractivity contribution in [2.45, 2.75) is 25.0 Å². The van der Waals surface area contributed by atoms with Gasteiger partial charge in [0, 0.05) is 31.4 Å². The lowest BCUT2D eigenvalue weighted by Gasteiger charge is -2.42. The number of aliphatic hydroxyl groups is 1. The molecule has 4 N–H and O–H groups in total. The molecule has 9 heteroatoms. The minimum atomic E-state index is -2.24. The highest BCUT2D eigenvalue weighted by atomic mass is 35.5. The molecule has 0 radical (unpaired) electrons. The second kappa shape index (κ2) is 9.04. The number of anilines is 2. The number of rotatable bonds is 6. The van der Waals surface area contributed by atoms with E-state index in [9.17, 15) is 14.7 Å². The van der Waals surface area contributed by atoms with Crippen LogP contribution in [0.5, 0.6) is 0 Å². The van der Waals surface area contributed by atoms with Gasteiger partial charge in [0.25, 0.3) is 11.6 Å². The second-order valence-corrected chi connectivity index (χ2v) is 8.71. The SMILES string of the molecule is O=C1Nc2ccccc2C(O)(C(=O)NCCC[NH+]2CCCC2)N1c1ccc(Cl)c(Cl)c1. The largest absolute Gasteiger partial charge is 0.359 e. The van der Waals surface area contributed by atoms with Crippen LogP contribution in [0.3, 0.4) is 0 Å². The van der Waals surface area contributed by atoms with E-state index in [0.717, 1.165) is 31.0 Å². The molecule has 3 amide bonds. The smallest absolute Gasteiger partial charge is 0.329 e. The molecule has 1 saturated heterocycles. The number of halogens is 2. The first-order valence-electron chi connectivity index (χ1n) is 10.4. The topological polar surface area (TPSA) is 86.1 Å². The van der Waals surface area contributed by atoms with Crippen molar-refractivity contribution >= 4 is 46.5 Å². The summed E-state index contributed by atoms with van der Waals surface area (Å²) in [5.41, 5.74) is -1.33. The van der Waals surface area contributed by atoms with Crippen LogP contribution in [0, 0.1) is 0 Å². The standard InChI is InChI=1S/C22H24Cl2N4O3/c23-17-9-8-15(14-18(17)24)28-21(30)26-19-7-2-1-6-16(19)22(28,31)20(29)25-10-5-13-27-11-3-4-12-27/h1-2,6-9,14,31H,3-5,10-13H2,(H,25,29)(H,26,30)/p+1. The van der Waals surface area contributed by atoms with E-state index in [4.69, 9.17) is 23.2 Å². The third-order valence-electron chi connectivity index (χ3n) is 5.85. The Morgan fingerprint density at radius 3 is 2.65 bits per heavy atom. The highest BCUT2D eigenvalue weighted by Gasteiger charge is 2.51. The van der Waals surface area contributed by atoms with Crippen LogP contribution < -0.4 is 20.4 Å². The van der Waals surface area contributed by atoms with Crippen LogP contribution >= 0.6 is 23.2 Å². The molecule has 2 aliphatic heterocycles. The van der Waals surface area contributed by atoms with Gasteiger partial charge in [-0.1, -0.05) is 41.4 Å². The molecule has 1 fully saturated rings. The molecular weight excluding hydrogens is 439 g/mol. The predicted molar refractivity (Wildman–Crippen MR) is 121 cm³/mol. The van der Waals surface area contributed by atoms with Gasteiger partial charge >= 0.3 is 6.03 Å². The first-order valence-corrected chi connectivity index (χ1v) is 11.2. The molecule has 2 aromatic carbocycles. The Morgan fingerprint density at radius 1 is 1.16 bits per heavy atom. The first kappa shape index (κ1) is 21.9. The number of hydrogen-bond acceptors (Lipinski definition) is 3. The number of fused-ring (bicyclic) bond motifs is 1. The molecule has 2 aliphatic rings. The van der Waals surface area contributed by atoms with E-state index < -0.39 is 17.7 Å². The van der Waals surface area contributed by atoms with Crippen molar-refractivity contribution < 1.29 is 19.6 Å². The van der Waals surface area contributed by atoms with E-state index in [1.807, 2.05) is 0 Å². The van der Waals surface area contributed by atoms with E-state index in [1.165, 1.54) is 35.9 Å². The van der Waals surface area contributed by atoms with Crippen LogP contribution in [-0.4, -0.2) is 43.2 Å². The summed E-state index contributed by atoms with van der Waals surface area (Å²) in [6, 6.07) is 10.6. The quantitative estimate of drug-likeness (QED) is 0.496. The lowest BCUT2D eigenvalue weighted by atomic mass is 9.94. The second-order valence-electron chi connectivity index (χ2n) is 7.90. The van der Waals surface area contributed by atoms with Crippen molar-refractivity contribution in [3.05, 3.63) is 58.1 Å². The minimum Gasteiger partial charge on any atom is -0.359 e. The lowest BCUT2D eigenvalue weighted by molar-refractivity contribution is -0.887. The van der Waals surface area contributed by atoms with E-state index in [1.54, 1.807) is 24.3 Å². The molecule has 7 nitrogen and oxygen atoms in total. The molecule has 31 heavy (non-hydrogen) atoms. The summed E-state index contributed by atoms with van der Waals surface area (Å²) in [7, 11) is 0. The minimum absolute atomic E-state index is 0.210. The van der Waals surface area contributed by atoms with Gasteiger partial charge in [-0.25, -0.2) is 4.79 Å². The molecule has 0 bridgehead atoms. The fourth-order valence-corrected chi connectivity index (χ4v) is 4.57. The van der Waals surface area contributed by atoms with Crippen LogP contribution in [0.25, 0.3) is 0 Å². The lowest BCUT2D eigenvalue weighted by Crippen LogP contribution is -3.10. The summed E-state index contributed by atoms with van der Waals surface area (Å²) in [6.45, 7) is 3.70. The number of carbonyl (C=O) groups is 2. The highest BCUT2D eigenvalue weighted by molar-refractivity contribution is 6.42. The zero-order valence-corrected chi connectivity index (χ0v) is 18.5. The Balaban J connectivity index is 1.62. The Bertz CT molecular complexity index is 996. The normalized spacial score (nSPS) is 21.0. The van der Waals surface area contributed by atoms with Gasteiger partial charge in [-0.15, -0.1) is 0 Å². The van der Waals surface area contributed by atoms with Gasteiger partial charge in [0.05, 0.1) is 41.1 Å². The maximum atomic E-state index is 13.3. The van der Waals surface area contributed by atoms with Gasteiger partial charge in [-0.05, 0) is 24.3 Å². The molecule has 164 valence electrons. The third-order valence-corrected chi connectivity index (χ3v) is 6.59. The zero-order chi connectivity index (χ0) is 22.0. The Morgan fingerprint density at radius 2 is 1.90 bits per heavy atom. The molecule has 1 unspecified atom stereocenters. The number of para-hydroxylation sites is 1. The maximum absolute atomic E-state index is 13.3. The van der Waals surface area contributed by atoms with Crippen molar-refractivity contribution in [2.24, 2.45) is 0 Å². The molecule has 0 saturated carbocycles. The summed E-state index contributed by atoms with van der Waals surface area (Å²) in [4.78, 5) is 28.8. The molecule has 0 spiro atoms. The number of nitrogens with zero attached hydrogens (tertiary/aromatic N) is 1. The van der Waals surface area contributed by atoms with Crippen molar-refractivity contribution in [3.63, 3.8) is 0 Å². The van der Waals surface area contributed by atoms with Gasteiger partial charge in [0.15, 0.2) is 0 Å². The molecule has 2 aromatic rings. The zero-order valence-electron chi connectivity index (χ0n) is 17.0. The van der Waals surface area contributed by atoms with Crippen molar-refractivity contribution in [3.8, 4) is 0 Å². The summed E-state index contributed by atoms with van der Waals surface area (Å²) >= 11 is 12.2. The molecule has 1 atom stereocenters. The average molecular weight is 464 g/mol. The number of nitrogens with one attached hydrogen (secondary N) is 3. The van der Waals surface area contributed by atoms with Crippen LogP contribution in [0.2, 0.25) is 10.0 Å². The van der Waals surface area contributed by atoms with Gasteiger partial charge in [-0.2, -0.15) is 0 Å². The van der Waals surface area contributed by atoms with Gasteiger partial charge in [-0.3, -0.25) is 9.69 Å². The Labute approximate surface area is 190 Å². The number of benzene rings is 2. The van der Waals surface area contributed by atoms with Crippen LogP contribution in [0.4, 0.5) is 16.2 Å². The number of hydrogen-bond donors (Lipinski definition) is 4. The third kappa shape index (κ3) is 4.23. The van der Waals surface area contributed by atoms with Gasteiger partial charge < -0.3 is 20.6 Å². The van der Waals surface area contributed by atoms with Crippen LogP contribution in [0.1, 0.15) is 24.8 Å². The van der Waals surface area contributed by atoms with Crippen molar-refractivity contribution in [1.29, 1.82) is 0 Å². The van der Waals surface area contributed by atoms with E-state index in [-0.39, 0.29) is 16.3 Å². The summed E-state index contributed by atoms with van der Waals surface area (Å²) in [5.74, 6) is -0.669. The monoisotopic (exact) mass is 463 g/mol. The highest BCUT2D eigenvalue weighted by Crippen LogP contribution is 2.41. The Hall–Kier alpha value is -2.32. The number of likely N-dealkylation sites (tertiary alicyclic amines) is 1.